The quantitative estimate of drug-likeness (QED) is 0.654. The highest BCUT2D eigenvalue weighted by molar-refractivity contribution is 7.16. The van der Waals surface area contributed by atoms with Crippen LogP contribution in [0.4, 0.5) is 0 Å². The zero-order valence-corrected chi connectivity index (χ0v) is 12.2. The first-order valence-electron chi connectivity index (χ1n) is 6.60. The molecule has 1 unspecified atom stereocenters. The van der Waals surface area contributed by atoms with Crippen LogP contribution in [-0.2, 0) is 0 Å². The molecule has 2 nitrogen and oxygen atoms in total. The number of benzene rings is 1. The predicted molar refractivity (Wildman–Crippen MR) is 81.5 cm³/mol. The van der Waals surface area contributed by atoms with E-state index in [-0.39, 0.29) is 6.04 Å². The average Bonchev–Trinajstić information content (AvgIpc) is 2.77. The van der Waals surface area contributed by atoms with Crippen molar-refractivity contribution >= 4 is 22.9 Å². The second kappa shape index (κ2) is 5.63. The molecule has 1 aromatic heterocycles. The molecule has 0 spiro atoms. The molecule has 3 rings (SSSR count). The Labute approximate surface area is 122 Å². The molecule has 1 heterocycles. The molecule has 0 saturated heterocycles. The van der Waals surface area contributed by atoms with Crippen LogP contribution in [0, 0.1) is 0 Å². The third-order valence-electron chi connectivity index (χ3n) is 3.90. The van der Waals surface area contributed by atoms with Crippen molar-refractivity contribution in [2.45, 2.75) is 31.2 Å². The smallest absolute Gasteiger partial charge is 0.0931 e. The maximum atomic E-state index is 6.04. The molecular weight excluding hydrogens is 276 g/mol. The van der Waals surface area contributed by atoms with Crippen molar-refractivity contribution in [3.63, 3.8) is 0 Å². The summed E-state index contributed by atoms with van der Waals surface area (Å²) in [7, 11) is 0. The molecule has 2 aromatic rings. The van der Waals surface area contributed by atoms with Crippen molar-refractivity contribution in [2.24, 2.45) is 5.84 Å². The normalized spacial score (nSPS) is 17.2. The topological polar surface area (TPSA) is 38.0 Å². The Morgan fingerprint density at radius 1 is 1.21 bits per heavy atom. The maximum Gasteiger partial charge on any atom is 0.0931 e. The van der Waals surface area contributed by atoms with E-state index in [2.05, 4.69) is 35.8 Å². The summed E-state index contributed by atoms with van der Waals surface area (Å²) in [5.74, 6) is 6.48. The number of halogens is 1. The van der Waals surface area contributed by atoms with E-state index in [0.717, 1.165) is 4.34 Å². The number of rotatable bonds is 4. The zero-order chi connectivity index (χ0) is 13.2. The van der Waals surface area contributed by atoms with Crippen molar-refractivity contribution in [1.82, 2.24) is 5.43 Å². The molecule has 1 saturated carbocycles. The fourth-order valence-corrected chi connectivity index (χ4v) is 3.81. The molecule has 0 amide bonds. The van der Waals surface area contributed by atoms with Crippen LogP contribution in [0.5, 0.6) is 0 Å². The SMILES string of the molecule is NNC(c1ccc(Cl)s1)c1ccccc1C1CCC1. The summed E-state index contributed by atoms with van der Waals surface area (Å²) in [5, 5.41) is 0. The first-order valence-corrected chi connectivity index (χ1v) is 7.79. The Balaban J connectivity index is 1.99. The highest BCUT2D eigenvalue weighted by atomic mass is 35.5. The summed E-state index contributed by atoms with van der Waals surface area (Å²) >= 11 is 7.62. The number of thiophene rings is 1. The van der Waals surface area contributed by atoms with E-state index in [9.17, 15) is 0 Å². The minimum Gasteiger partial charge on any atom is -0.271 e. The van der Waals surface area contributed by atoms with Gasteiger partial charge in [0.1, 0.15) is 0 Å². The van der Waals surface area contributed by atoms with Crippen molar-refractivity contribution in [3.05, 3.63) is 56.7 Å². The van der Waals surface area contributed by atoms with Crippen molar-refractivity contribution < 1.29 is 0 Å². The molecule has 3 N–H and O–H groups in total. The molecule has 1 fully saturated rings. The van der Waals surface area contributed by atoms with Crippen LogP contribution in [-0.4, -0.2) is 0 Å². The summed E-state index contributed by atoms with van der Waals surface area (Å²) in [6.07, 6.45) is 3.92. The summed E-state index contributed by atoms with van der Waals surface area (Å²) in [5.41, 5.74) is 5.66. The van der Waals surface area contributed by atoms with Gasteiger partial charge in [0.2, 0.25) is 0 Å². The van der Waals surface area contributed by atoms with Gasteiger partial charge in [-0.15, -0.1) is 11.3 Å². The second-order valence-corrected chi connectivity index (χ2v) is 6.74. The highest BCUT2D eigenvalue weighted by Gasteiger charge is 2.25. The fraction of sp³-hybridized carbons (Fsp3) is 0.333. The molecule has 0 aliphatic heterocycles. The lowest BCUT2D eigenvalue weighted by Gasteiger charge is -2.30. The first-order chi connectivity index (χ1) is 9.29. The Morgan fingerprint density at radius 3 is 2.58 bits per heavy atom. The molecule has 100 valence electrons. The molecule has 0 bridgehead atoms. The highest BCUT2D eigenvalue weighted by Crippen LogP contribution is 2.41. The van der Waals surface area contributed by atoms with E-state index in [1.807, 2.05) is 6.07 Å². The van der Waals surface area contributed by atoms with E-state index in [0.29, 0.717) is 5.92 Å². The van der Waals surface area contributed by atoms with Crippen LogP contribution in [0.25, 0.3) is 0 Å². The van der Waals surface area contributed by atoms with Crippen molar-refractivity contribution in [2.75, 3.05) is 0 Å². The van der Waals surface area contributed by atoms with Gasteiger partial charge in [0.05, 0.1) is 10.4 Å². The Kier molecular flexibility index (Phi) is 3.89. The lowest BCUT2D eigenvalue weighted by Crippen LogP contribution is -2.29. The Morgan fingerprint density at radius 2 is 2.00 bits per heavy atom. The number of hydrogen-bond donors (Lipinski definition) is 2. The van der Waals surface area contributed by atoms with Gasteiger partial charge in [0.25, 0.3) is 0 Å². The van der Waals surface area contributed by atoms with E-state index in [4.69, 9.17) is 17.4 Å². The molecular formula is C15H17ClN2S. The van der Waals surface area contributed by atoms with Gasteiger partial charge in [-0.3, -0.25) is 5.84 Å². The second-order valence-electron chi connectivity index (χ2n) is 5.00. The van der Waals surface area contributed by atoms with E-state index in [1.54, 1.807) is 11.3 Å². The lowest BCUT2D eigenvalue weighted by molar-refractivity contribution is 0.414. The third-order valence-corrected chi connectivity index (χ3v) is 5.19. The van der Waals surface area contributed by atoms with Crippen molar-refractivity contribution in [1.29, 1.82) is 0 Å². The Hall–Kier alpha value is -0.870. The monoisotopic (exact) mass is 292 g/mol. The van der Waals surface area contributed by atoms with Crippen LogP contribution in [0.3, 0.4) is 0 Å². The molecule has 1 atom stereocenters. The number of nitrogens with two attached hydrogens (primary N) is 1. The summed E-state index contributed by atoms with van der Waals surface area (Å²) in [6, 6.07) is 12.6. The minimum atomic E-state index is 0.0364. The number of hydrazine groups is 1. The van der Waals surface area contributed by atoms with Gasteiger partial charge in [0.15, 0.2) is 0 Å². The Bertz CT molecular complexity index is 563. The largest absolute Gasteiger partial charge is 0.271 e. The number of nitrogens with one attached hydrogen (secondary N) is 1. The van der Waals surface area contributed by atoms with Gasteiger partial charge in [-0.2, -0.15) is 0 Å². The van der Waals surface area contributed by atoms with Gasteiger partial charge in [-0.25, -0.2) is 5.43 Å². The standard InChI is InChI=1S/C15H17ClN2S/c16-14-9-8-13(19-14)15(18-17)12-7-2-1-6-11(12)10-4-3-5-10/h1-2,6-10,15,18H,3-5,17H2. The van der Waals surface area contributed by atoms with Crippen molar-refractivity contribution in [3.8, 4) is 0 Å². The summed E-state index contributed by atoms with van der Waals surface area (Å²) < 4.78 is 0.802. The van der Waals surface area contributed by atoms with Gasteiger partial charge in [-0.1, -0.05) is 42.3 Å². The van der Waals surface area contributed by atoms with Crippen LogP contribution >= 0.6 is 22.9 Å². The first kappa shape index (κ1) is 13.1. The molecule has 1 aromatic carbocycles. The van der Waals surface area contributed by atoms with E-state index >= 15 is 0 Å². The molecule has 4 heteroatoms. The van der Waals surface area contributed by atoms with Crippen LogP contribution in [0.15, 0.2) is 36.4 Å². The predicted octanol–water partition coefficient (Wildman–Crippen LogP) is 4.22. The zero-order valence-electron chi connectivity index (χ0n) is 10.6. The fourth-order valence-electron chi connectivity index (χ4n) is 2.67. The van der Waals surface area contributed by atoms with E-state index in [1.165, 1.54) is 35.3 Å². The average molecular weight is 293 g/mol. The van der Waals surface area contributed by atoms with Gasteiger partial charge in [-0.05, 0) is 42.0 Å². The van der Waals surface area contributed by atoms with Gasteiger partial charge >= 0.3 is 0 Å². The lowest BCUT2D eigenvalue weighted by atomic mass is 9.77. The van der Waals surface area contributed by atoms with E-state index < -0.39 is 0 Å². The third kappa shape index (κ3) is 2.56. The summed E-state index contributed by atoms with van der Waals surface area (Å²) in [6.45, 7) is 0. The van der Waals surface area contributed by atoms with Gasteiger partial charge in [0, 0.05) is 4.88 Å². The number of hydrogen-bond acceptors (Lipinski definition) is 3. The molecule has 19 heavy (non-hydrogen) atoms. The maximum absolute atomic E-state index is 6.04. The minimum absolute atomic E-state index is 0.0364. The van der Waals surface area contributed by atoms with Gasteiger partial charge < -0.3 is 0 Å². The van der Waals surface area contributed by atoms with Crippen LogP contribution in [0.1, 0.15) is 47.2 Å². The van der Waals surface area contributed by atoms with Crippen LogP contribution in [0.2, 0.25) is 4.34 Å². The summed E-state index contributed by atoms with van der Waals surface area (Å²) in [4.78, 5) is 1.17. The molecule has 0 radical (unpaired) electrons. The van der Waals surface area contributed by atoms with Crippen LogP contribution < -0.4 is 11.3 Å². The molecule has 1 aliphatic carbocycles. The molecule has 1 aliphatic rings.